The predicted octanol–water partition coefficient (Wildman–Crippen LogP) is 2.55. The lowest BCUT2D eigenvalue weighted by Gasteiger charge is -2.27. The molecule has 0 aromatic carbocycles. The molecule has 0 radical (unpaired) electrons. The first-order chi connectivity index (χ1) is 8.79. The Morgan fingerprint density at radius 3 is 2.83 bits per heavy atom. The largest absolute Gasteiger partial charge is 0.326 e. The standard InChI is InChI=1S/C15H25N3/c1-18(11-13-6-3-2-4-7-13)12-15-14(10-16)8-5-9-17-15/h5,8-9,13H,2-4,6-7,10-12,16H2,1H3. The van der Waals surface area contributed by atoms with Crippen molar-refractivity contribution in [3.05, 3.63) is 29.6 Å². The number of pyridine rings is 1. The number of rotatable bonds is 5. The number of nitrogens with zero attached hydrogens (tertiary/aromatic N) is 2. The van der Waals surface area contributed by atoms with E-state index in [-0.39, 0.29) is 0 Å². The highest BCUT2D eigenvalue weighted by atomic mass is 15.1. The van der Waals surface area contributed by atoms with E-state index in [4.69, 9.17) is 5.73 Å². The zero-order chi connectivity index (χ0) is 12.8. The first-order valence-corrected chi connectivity index (χ1v) is 7.11. The Hall–Kier alpha value is -0.930. The molecular weight excluding hydrogens is 222 g/mol. The summed E-state index contributed by atoms with van der Waals surface area (Å²) in [5, 5.41) is 0. The molecule has 3 heteroatoms. The number of aromatic nitrogens is 1. The summed E-state index contributed by atoms with van der Waals surface area (Å²) in [5.41, 5.74) is 8.06. The molecule has 0 atom stereocenters. The summed E-state index contributed by atoms with van der Waals surface area (Å²) in [5.74, 6) is 0.883. The van der Waals surface area contributed by atoms with Crippen molar-refractivity contribution in [1.29, 1.82) is 0 Å². The lowest BCUT2D eigenvalue weighted by atomic mass is 9.89. The van der Waals surface area contributed by atoms with Crippen LogP contribution < -0.4 is 5.73 Å². The van der Waals surface area contributed by atoms with Crippen LogP contribution in [0.2, 0.25) is 0 Å². The number of nitrogens with two attached hydrogens (primary N) is 1. The molecule has 0 saturated heterocycles. The third-order valence-corrected chi connectivity index (χ3v) is 3.92. The van der Waals surface area contributed by atoms with Crippen LogP contribution >= 0.6 is 0 Å². The van der Waals surface area contributed by atoms with Crippen molar-refractivity contribution in [2.45, 2.75) is 45.2 Å². The Bertz CT molecular complexity index is 359. The van der Waals surface area contributed by atoms with E-state index in [0.29, 0.717) is 6.54 Å². The minimum Gasteiger partial charge on any atom is -0.326 e. The van der Waals surface area contributed by atoms with Gasteiger partial charge in [0, 0.05) is 25.8 Å². The minimum absolute atomic E-state index is 0.584. The molecule has 0 amide bonds. The fraction of sp³-hybridized carbons (Fsp3) is 0.667. The Labute approximate surface area is 110 Å². The molecule has 0 aliphatic heterocycles. The maximum Gasteiger partial charge on any atom is 0.0588 e. The summed E-state index contributed by atoms with van der Waals surface area (Å²) in [6.45, 7) is 2.70. The molecule has 3 nitrogen and oxygen atoms in total. The van der Waals surface area contributed by atoms with Gasteiger partial charge in [0.25, 0.3) is 0 Å². The van der Waals surface area contributed by atoms with E-state index in [1.807, 2.05) is 12.3 Å². The molecule has 100 valence electrons. The van der Waals surface area contributed by atoms with Gasteiger partial charge >= 0.3 is 0 Å². The summed E-state index contributed by atoms with van der Waals surface area (Å²) in [6.07, 6.45) is 8.92. The van der Waals surface area contributed by atoms with Gasteiger partial charge in [0.05, 0.1) is 5.69 Å². The Balaban J connectivity index is 1.87. The second-order valence-corrected chi connectivity index (χ2v) is 5.51. The topological polar surface area (TPSA) is 42.2 Å². The summed E-state index contributed by atoms with van der Waals surface area (Å²) in [4.78, 5) is 6.86. The Morgan fingerprint density at radius 1 is 1.33 bits per heavy atom. The van der Waals surface area contributed by atoms with Gasteiger partial charge in [-0.15, -0.1) is 0 Å². The highest BCUT2D eigenvalue weighted by molar-refractivity contribution is 5.19. The lowest BCUT2D eigenvalue weighted by Crippen LogP contribution is -2.27. The quantitative estimate of drug-likeness (QED) is 0.869. The van der Waals surface area contributed by atoms with Crippen LogP contribution in [0.15, 0.2) is 18.3 Å². The van der Waals surface area contributed by atoms with Crippen LogP contribution in [0.5, 0.6) is 0 Å². The normalized spacial score (nSPS) is 17.3. The van der Waals surface area contributed by atoms with E-state index in [1.54, 1.807) is 0 Å². The zero-order valence-corrected chi connectivity index (χ0v) is 11.4. The van der Waals surface area contributed by atoms with Gasteiger partial charge in [0.15, 0.2) is 0 Å². The van der Waals surface area contributed by atoms with Gasteiger partial charge < -0.3 is 10.6 Å². The summed E-state index contributed by atoms with van der Waals surface area (Å²) in [6, 6.07) is 4.05. The molecule has 2 N–H and O–H groups in total. The highest BCUT2D eigenvalue weighted by Crippen LogP contribution is 2.24. The second kappa shape index (κ2) is 6.86. The van der Waals surface area contributed by atoms with Crippen molar-refractivity contribution in [1.82, 2.24) is 9.88 Å². The average Bonchev–Trinajstić information content (AvgIpc) is 2.40. The molecule has 1 aromatic rings. The van der Waals surface area contributed by atoms with Crippen LogP contribution in [-0.2, 0) is 13.1 Å². The molecule has 18 heavy (non-hydrogen) atoms. The smallest absolute Gasteiger partial charge is 0.0588 e. The van der Waals surface area contributed by atoms with Crippen LogP contribution in [0, 0.1) is 5.92 Å². The van der Waals surface area contributed by atoms with E-state index in [9.17, 15) is 0 Å². The highest BCUT2D eigenvalue weighted by Gasteiger charge is 2.16. The summed E-state index contributed by atoms with van der Waals surface area (Å²) < 4.78 is 0. The molecule has 1 aliphatic carbocycles. The van der Waals surface area contributed by atoms with Crippen molar-refractivity contribution in [2.75, 3.05) is 13.6 Å². The molecule has 1 saturated carbocycles. The first-order valence-electron chi connectivity index (χ1n) is 7.11. The Kier molecular flexibility index (Phi) is 5.14. The van der Waals surface area contributed by atoms with Crippen LogP contribution in [0.25, 0.3) is 0 Å². The fourth-order valence-electron chi connectivity index (χ4n) is 2.93. The molecule has 0 bridgehead atoms. The van der Waals surface area contributed by atoms with Crippen molar-refractivity contribution >= 4 is 0 Å². The SMILES string of the molecule is CN(Cc1ncccc1CN)CC1CCCCC1. The van der Waals surface area contributed by atoms with Crippen molar-refractivity contribution in [3.63, 3.8) is 0 Å². The third kappa shape index (κ3) is 3.79. The molecule has 1 fully saturated rings. The maximum atomic E-state index is 5.75. The van der Waals surface area contributed by atoms with Crippen LogP contribution in [0.4, 0.5) is 0 Å². The van der Waals surface area contributed by atoms with Crippen LogP contribution in [0.3, 0.4) is 0 Å². The molecule has 2 rings (SSSR count). The van der Waals surface area contributed by atoms with Gasteiger partial charge in [0.2, 0.25) is 0 Å². The third-order valence-electron chi connectivity index (χ3n) is 3.92. The average molecular weight is 247 g/mol. The monoisotopic (exact) mass is 247 g/mol. The molecule has 0 unspecified atom stereocenters. The van der Waals surface area contributed by atoms with Gasteiger partial charge in [0.1, 0.15) is 0 Å². The van der Waals surface area contributed by atoms with Gasteiger partial charge in [-0.25, -0.2) is 0 Å². The number of hydrogen-bond acceptors (Lipinski definition) is 3. The van der Waals surface area contributed by atoms with Crippen LogP contribution in [-0.4, -0.2) is 23.5 Å². The van der Waals surface area contributed by atoms with Crippen molar-refractivity contribution < 1.29 is 0 Å². The van der Waals surface area contributed by atoms with Gasteiger partial charge in [-0.3, -0.25) is 4.98 Å². The number of hydrogen-bond donors (Lipinski definition) is 1. The summed E-state index contributed by atoms with van der Waals surface area (Å²) >= 11 is 0. The van der Waals surface area contributed by atoms with Crippen molar-refractivity contribution in [3.8, 4) is 0 Å². The predicted molar refractivity (Wildman–Crippen MR) is 75.0 cm³/mol. The van der Waals surface area contributed by atoms with Gasteiger partial charge in [-0.1, -0.05) is 25.3 Å². The van der Waals surface area contributed by atoms with E-state index >= 15 is 0 Å². The zero-order valence-electron chi connectivity index (χ0n) is 11.4. The van der Waals surface area contributed by atoms with Crippen LogP contribution in [0.1, 0.15) is 43.4 Å². The molecular formula is C15H25N3. The molecule has 1 aromatic heterocycles. The minimum atomic E-state index is 0.584. The first kappa shape index (κ1) is 13.5. The van der Waals surface area contributed by atoms with E-state index in [1.165, 1.54) is 44.2 Å². The van der Waals surface area contributed by atoms with Gasteiger partial charge in [-0.05, 0) is 37.4 Å². The summed E-state index contributed by atoms with van der Waals surface area (Å²) in [7, 11) is 2.20. The molecule has 1 heterocycles. The second-order valence-electron chi connectivity index (χ2n) is 5.51. The molecule has 1 aliphatic rings. The van der Waals surface area contributed by atoms with Gasteiger partial charge in [-0.2, -0.15) is 0 Å². The van der Waals surface area contributed by atoms with E-state index in [0.717, 1.165) is 18.2 Å². The van der Waals surface area contributed by atoms with E-state index in [2.05, 4.69) is 23.0 Å². The lowest BCUT2D eigenvalue weighted by molar-refractivity contribution is 0.226. The Morgan fingerprint density at radius 2 is 2.11 bits per heavy atom. The van der Waals surface area contributed by atoms with E-state index < -0.39 is 0 Å². The van der Waals surface area contributed by atoms with Crippen molar-refractivity contribution in [2.24, 2.45) is 11.7 Å². The molecule has 0 spiro atoms. The fourth-order valence-corrected chi connectivity index (χ4v) is 2.93. The maximum absolute atomic E-state index is 5.75.